The lowest BCUT2D eigenvalue weighted by Gasteiger charge is -2.05. The van der Waals surface area contributed by atoms with Crippen molar-refractivity contribution < 1.29 is 4.79 Å². The Morgan fingerprint density at radius 1 is 1.42 bits per heavy atom. The Hall–Kier alpha value is -2.28. The lowest BCUT2D eigenvalue weighted by atomic mass is 10.2. The van der Waals surface area contributed by atoms with Gasteiger partial charge >= 0.3 is 0 Å². The molecule has 100 valence electrons. The summed E-state index contributed by atoms with van der Waals surface area (Å²) in [5.74, 6) is 0.179. The highest BCUT2D eigenvalue weighted by Gasteiger charge is 2.14. The smallest absolute Gasteiger partial charge is 0.260 e. The van der Waals surface area contributed by atoms with Gasteiger partial charge in [0.2, 0.25) is 0 Å². The van der Waals surface area contributed by atoms with Crippen LogP contribution in [0.3, 0.4) is 0 Å². The maximum Gasteiger partial charge on any atom is 0.260 e. The fraction of sp³-hybridized carbons (Fsp3) is 0.333. The van der Waals surface area contributed by atoms with E-state index in [2.05, 4.69) is 20.4 Å². The molecule has 0 aromatic carbocycles. The summed E-state index contributed by atoms with van der Waals surface area (Å²) in [6.45, 7) is 3.16. The van der Waals surface area contributed by atoms with Crippen LogP contribution in [0.4, 0.5) is 5.82 Å². The van der Waals surface area contributed by atoms with Gasteiger partial charge in [-0.3, -0.25) is 14.5 Å². The molecule has 7 nitrogen and oxygen atoms in total. The van der Waals surface area contributed by atoms with Gasteiger partial charge < -0.3 is 11.1 Å². The first-order valence-corrected chi connectivity index (χ1v) is 6.02. The summed E-state index contributed by atoms with van der Waals surface area (Å²) in [5, 5.41) is 6.86. The van der Waals surface area contributed by atoms with Crippen LogP contribution < -0.4 is 11.1 Å². The molecule has 2 aromatic heterocycles. The molecule has 2 rings (SSSR count). The Kier molecular flexibility index (Phi) is 4.19. The molecule has 0 aliphatic rings. The van der Waals surface area contributed by atoms with Gasteiger partial charge in [-0.25, -0.2) is 4.98 Å². The normalized spacial score (nSPS) is 10.4. The largest absolute Gasteiger partial charge is 0.330 e. The number of aryl methyl sites for hydroxylation is 1. The molecule has 0 aliphatic heterocycles. The first kappa shape index (κ1) is 13.2. The van der Waals surface area contributed by atoms with E-state index in [9.17, 15) is 4.79 Å². The van der Waals surface area contributed by atoms with E-state index in [1.807, 2.05) is 6.92 Å². The quantitative estimate of drug-likeness (QED) is 0.819. The van der Waals surface area contributed by atoms with E-state index < -0.39 is 0 Å². The summed E-state index contributed by atoms with van der Waals surface area (Å²) in [7, 11) is 0. The minimum Gasteiger partial charge on any atom is -0.330 e. The number of nitrogens with one attached hydrogen (secondary N) is 1. The first-order chi connectivity index (χ1) is 9.22. The van der Waals surface area contributed by atoms with Crippen molar-refractivity contribution in [1.29, 1.82) is 0 Å². The van der Waals surface area contributed by atoms with Crippen LogP contribution in [0, 0.1) is 6.92 Å². The molecule has 0 spiro atoms. The highest BCUT2D eigenvalue weighted by Crippen LogP contribution is 2.10. The highest BCUT2D eigenvalue weighted by atomic mass is 16.1. The Labute approximate surface area is 110 Å². The van der Waals surface area contributed by atoms with E-state index in [4.69, 9.17) is 5.73 Å². The Morgan fingerprint density at radius 2 is 2.26 bits per heavy atom. The second kappa shape index (κ2) is 6.05. The molecule has 3 N–H and O–H groups in total. The molecular weight excluding hydrogens is 244 g/mol. The number of nitrogens with zero attached hydrogens (tertiary/aromatic N) is 4. The topological polar surface area (TPSA) is 98.7 Å². The van der Waals surface area contributed by atoms with Crippen molar-refractivity contribution in [2.75, 3.05) is 11.9 Å². The van der Waals surface area contributed by atoms with Crippen molar-refractivity contribution in [3.63, 3.8) is 0 Å². The molecule has 0 radical (unpaired) electrons. The van der Waals surface area contributed by atoms with Gasteiger partial charge in [0.1, 0.15) is 0 Å². The van der Waals surface area contributed by atoms with Crippen LogP contribution in [0.15, 0.2) is 24.8 Å². The van der Waals surface area contributed by atoms with Gasteiger partial charge in [0.25, 0.3) is 5.91 Å². The van der Waals surface area contributed by atoms with E-state index in [0.717, 1.165) is 12.1 Å². The Morgan fingerprint density at radius 3 is 2.95 bits per heavy atom. The number of rotatable bonds is 5. The van der Waals surface area contributed by atoms with Gasteiger partial charge in [-0.2, -0.15) is 5.10 Å². The molecule has 2 aromatic rings. The first-order valence-electron chi connectivity index (χ1n) is 6.02. The zero-order valence-electron chi connectivity index (χ0n) is 10.7. The van der Waals surface area contributed by atoms with E-state index in [0.29, 0.717) is 24.5 Å². The van der Waals surface area contributed by atoms with Crippen molar-refractivity contribution >= 4 is 11.7 Å². The average molecular weight is 260 g/mol. The van der Waals surface area contributed by atoms with Gasteiger partial charge in [0, 0.05) is 24.6 Å². The van der Waals surface area contributed by atoms with Crippen LogP contribution in [0.5, 0.6) is 0 Å². The molecule has 19 heavy (non-hydrogen) atoms. The lowest BCUT2D eigenvalue weighted by molar-refractivity contribution is 0.102. The zero-order valence-corrected chi connectivity index (χ0v) is 10.7. The molecule has 0 saturated heterocycles. The third kappa shape index (κ3) is 3.14. The van der Waals surface area contributed by atoms with Crippen molar-refractivity contribution in [3.8, 4) is 0 Å². The van der Waals surface area contributed by atoms with E-state index >= 15 is 0 Å². The van der Waals surface area contributed by atoms with Gasteiger partial charge in [-0.05, 0) is 19.9 Å². The van der Waals surface area contributed by atoms with Crippen LogP contribution in [0.25, 0.3) is 0 Å². The molecule has 0 unspecified atom stereocenters. The molecule has 0 atom stereocenters. The number of aromatic nitrogens is 4. The van der Waals surface area contributed by atoms with Crippen LogP contribution in [0.1, 0.15) is 22.5 Å². The third-order valence-electron chi connectivity index (χ3n) is 2.73. The average Bonchev–Trinajstić information content (AvgIpc) is 2.79. The maximum absolute atomic E-state index is 12.1. The monoisotopic (exact) mass is 260 g/mol. The molecule has 0 aliphatic carbocycles. The molecule has 7 heteroatoms. The molecule has 0 bridgehead atoms. The van der Waals surface area contributed by atoms with E-state index in [1.54, 1.807) is 17.1 Å². The number of nitrogens with two attached hydrogens (primary N) is 1. The SMILES string of the molecule is Cc1c(C(=O)Nc2cnccn2)cnn1CCCN. The molecule has 1 amide bonds. The third-order valence-corrected chi connectivity index (χ3v) is 2.73. The van der Waals surface area contributed by atoms with Crippen molar-refractivity contribution in [2.45, 2.75) is 19.9 Å². The minimum atomic E-state index is -0.239. The molecule has 2 heterocycles. The zero-order chi connectivity index (χ0) is 13.7. The molecule has 0 saturated carbocycles. The Bertz CT molecular complexity index is 551. The number of amides is 1. The van der Waals surface area contributed by atoms with E-state index in [-0.39, 0.29) is 5.91 Å². The molecular formula is C12H16N6O. The predicted octanol–water partition coefficient (Wildman–Crippen LogP) is 0.583. The second-order valence-electron chi connectivity index (χ2n) is 4.05. The predicted molar refractivity (Wildman–Crippen MR) is 70.6 cm³/mol. The van der Waals surface area contributed by atoms with Crippen LogP contribution in [-0.4, -0.2) is 32.2 Å². The second-order valence-corrected chi connectivity index (χ2v) is 4.05. The number of anilines is 1. The fourth-order valence-corrected chi connectivity index (χ4v) is 1.68. The number of hydrogen-bond donors (Lipinski definition) is 2. The summed E-state index contributed by atoms with van der Waals surface area (Å²) in [6.07, 6.45) is 6.94. The van der Waals surface area contributed by atoms with Crippen LogP contribution in [-0.2, 0) is 6.54 Å². The van der Waals surface area contributed by atoms with Crippen LogP contribution in [0.2, 0.25) is 0 Å². The number of hydrogen-bond acceptors (Lipinski definition) is 5. The van der Waals surface area contributed by atoms with Gasteiger partial charge in [0.15, 0.2) is 5.82 Å². The standard InChI is InChI=1S/C12H16N6O/c1-9-10(7-16-18(9)6-2-3-13)12(19)17-11-8-14-4-5-15-11/h4-5,7-8H,2-3,6,13H2,1H3,(H,15,17,19). The van der Waals surface area contributed by atoms with Crippen molar-refractivity contribution in [1.82, 2.24) is 19.7 Å². The summed E-state index contributed by atoms with van der Waals surface area (Å²) in [6, 6.07) is 0. The lowest BCUT2D eigenvalue weighted by Crippen LogP contribution is -2.14. The molecule has 0 fully saturated rings. The highest BCUT2D eigenvalue weighted by molar-refractivity contribution is 6.04. The van der Waals surface area contributed by atoms with Gasteiger partial charge in [0.05, 0.1) is 18.0 Å². The fourth-order valence-electron chi connectivity index (χ4n) is 1.68. The minimum absolute atomic E-state index is 0.239. The summed E-state index contributed by atoms with van der Waals surface area (Å²) < 4.78 is 1.78. The number of carbonyl (C=O) groups excluding carboxylic acids is 1. The summed E-state index contributed by atoms with van der Waals surface area (Å²) in [4.78, 5) is 19.9. The summed E-state index contributed by atoms with van der Waals surface area (Å²) >= 11 is 0. The van der Waals surface area contributed by atoms with Gasteiger partial charge in [-0.1, -0.05) is 0 Å². The van der Waals surface area contributed by atoms with Gasteiger partial charge in [-0.15, -0.1) is 0 Å². The Balaban J connectivity index is 2.09. The number of carbonyl (C=O) groups is 1. The van der Waals surface area contributed by atoms with Crippen molar-refractivity contribution in [2.24, 2.45) is 5.73 Å². The van der Waals surface area contributed by atoms with Crippen LogP contribution >= 0.6 is 0 Å². The maximum atomic E-state index is 12.1. The van der Waals surface area contributed by atoms with E-state index in [1.165, 1.54) is 12.4 Å². The van der Waals surface area contributed by atoms with Crippen molar-refractivity contribution in [3.05, 3.63) is 36.0 Å². The summed E-state index contributed by atoms with van der Waals surface area (Å²) in [5.41, 5.74) is 6.80.